The van der Waals surface area contributed by atoms with Gasteiger partial charge in [-0.2, -0.15) is 8.78 Å². The van der Waals surface area contributed by atoms with Crippen molar-refractivity contribution >= 4 is 11.4 Å². The summed E-state index contributed by atoms with van der Waals surface area (Å²) in [6, 6.07) is 3.64. The van der Waals surface area contributed by atoms with Crippen LogP contribution in [-0.4, -0.2) is 18.6 Å². The van der Waals surface area contributed by atoms with Crippen molar-refractivity contribution in [2.75, 3.05) is 12.4 Å². The molecule has 0 amide bonds. The molecule has 0 saturated carbocycles. The highest BCUT2D eigenvalue weighted by molar-refractivity contribution is 5.57. The van der Waals surface area contributed by atoms with Crippen molar-refractivity contribution in [3.8, 4) is 5.75 Å². The summed E-state index contributed by atoms with van der Waals surface area (Å²) in [4.78, 5) is 9.68. The molecular weight excluding hydrogens is 210 g/mol. The number of nitro benzene ring substituents is 1. The number of anilines is 1. The highest BCUT2D eigenvalue weighted by Crippen LogP contribution is 2.30. The molecule has 7 heteroatoms. The lowest BCUT2D eigenvalue weighted by Gasteiger charge is -2.07. The molecule has 0 spiro atoms. The van der Waals surface area contributed by atoms with Gasteiger partial charge < -0.3 is 10.1 Å². The minimum absolute atomic E-state index is 0.455. The van der Waals surface area contributed by atoms with Crippen LogP contribution in [-0.2, 0) is 0 Å². The van der Waals surface area contributed by atoms with Crippen LogP contribution in [0.1, 0.15) is 0 Å². The summed E-state index contributed by atoms with van der Waals surface area (Å²) in [5.74, 6) is -0.457. The highest BCUT2D eigenvalue weighted by atomic mass is 19.3. The van der Waals surface area contributed by atoms with Crippen LogP contribution in [0.25, 0.3) is 0 Å². The number of nitrogens with one attached hydrogen (secondary N) is 1. The van der Waals surface area contributed by atoms with Gasteiger partial charge in [0.15, 0.2) is 0 Å². The van der Waals surface area contributed by atoms with E-state index in [1.165, 1.54) is 6.07 Å². The van der Waals surface area contributed by atoms with Gasteiger partial charge in [-0.15, -0.1) is 0 Å². The number of benzene rings is 1. The normalized spacial score (nSPS) is 10.1. The molecule has 0 aliphatic heterocycles. The Hall–Kier alpha value is -1.92. The van der Waals surface area contributed by atoms with E-state index in [0.717, 1.165) is 12.1 Å². The molecule has 82 valence electrons. The molecule has 1 N–H and O–H groups in total. The quantitative estimate of drug-likeness (QED) is 0.621. The third kappa shape index (κ3) is 2.76. The van der Waals surface area contributed by atoms with E-state index in [0.29, 0.717) is 5.69 Å². The van der Waals surface area contributed by atoms with Crippen molar-refractivity contribution in [2.24, 2.45) is 0 Å². The smallest absolute Gasteiger partial charge is 0.387 e. The van der Waals surface area contributed by atoms with Crippen molar-refractivity contribution < 1.29 is 18.4 Å². The second-order valence-electron chi connectivity index (χ2n) is 2.57. The van der Waals surface area contributed by atoms with Crippen molar-refractivity contribution in [3.63, 3.8) is 0 Å². The SMILES string of the molecule is CNc1ccc([N+](=O)[O-])c(OC(F)F)c1. The van der Waals surface area contributed by atoms with Crippen molar-refractivity contribution in [3.05, 3.63) is 28.3 Å². The van der Waals surface area contributed by atoms with Crippen LogP contribution in [0.3, 0.4) is 0 Å². The van der Waals surface area contributed by atoms with Gasteiger partial charge in [0.05, 0.1) is 4.92 Å². The van der Waals surface area contributed by atoms with Gasteiger partial charge in [0.1, 0.15) is 0 Å². The minimum Gasteiger partial charge on any atom is -0.427 e. The zero-order valence-corrected chi connectivity index (χ0v) is 7.74. The predicted molar refractivity (Wildman–Crippen MR) is 49.3 cm³/mol. The van der Waals surface area contributed by atoms with Crippen LogP contribution >= 0.6 is 0 Å². The first-order valence-corrected chi connectivity index (χ1v) is 3.95. The van der Waals surface area contributed by atoms with Gasteiger partial charge >= 0.3 is 12.3 Å². The molecule has 1 aromatic rings. The summed E-state index contributed by atoms with van der Waals surface area (Å²) in [6.07, 6.45) is 0. The van der Waals surface area contributed by atoms with E-state index in [1.54, 1.807) is 7.05 Å². The monoisotopic (exact) mass is 218 g/mol. The average molecular weight is 218 g/mol. The van der Waals surface area contributed by atoms with Crippen LogP contribution in [0.4, 0.5) is 20.2 Å². The van der Waals surface area contributed by atoms with Gasteiger partial charge in [-0.05, 0) is 6.07 Å². The molecule has 0 bridgehead atoms. The second-order valence-corrected chi connectivity index (χ2v) is 2.57. The summed E-state index contributed by atoms with van der Waals surface area (Å²) >= 11 is 0. The highest BCUT2D eigenvalue weighted by Gasteiger charge is 2.18. The Kier molecular flexibility index (Phi) is 3.37. The molecule has 0 unspecified atom stereocenters. The molecule has 1 rings (SSSR count). The lowest BCUT2D eigenvalue weighted by molar-refractivity contribution is -0.386. The largest absolute Gasteiger partial charge is 0.427 e. The lowest BCUT2D eigenvalue weighted by atomic mass is 10.2. The number of hydrogen-bond acceptors (Lipinski definition) is 4. The van der Waals surface area contributed by atoms with Crippen molar-refractivity contribution in [1.82, 2.24) is 0 Å². The van der Waals surface area contributed by atoms with Gasteiger partial charge in [0, 0.05) is 24.9 Å². The Balaban J connectivity index is 3.10. The third-order valence-corrected chi connectivity index (χ3v) is 1.66. The first-order valence-electron chi connectivity index (χ1n) is 3.95. The number of nitro groups is 1. The molecular formula is C8H8F2N2O3. The molecule has 0 atom stereocenters. The maximum absolute atomic E-state index is 11.9. The van der Waals surface area contributed by atoms with Gasteiger partial charge in [-0.1, -0.05) is 0 Å². The Morgan fingerprint density at radius 2 is 2.20 bits per heavy atom. The van der Waals surface area contributed by atoms with Gasteiger partial charge in [0.25, 0.3) is 0 Å². The van der Waals surface area contributed by atoms with E-state index < -0.39 is 23.0 Å². The van der Waals surface area contributed by atoms with Crippen LogP contribution in [0, 0.1) is 10.1 Å². The summed E-state index contributed by atoms with van der Waals surface area (Å²) in [5.41, 5.74) is -0.0365. The fourth-order valence-corrected chi connectivity index (χ4v) is 1.01. The zero-order valence-electron chi connectivity index (χ0n) is 7.74. The zero-order chi connectivity index (χ0) is 11.4. The van der Waals surface area contributed by atoms with Crippen LogP contribution in [0.2, 0.25) is 0 Å². The third-order valence-electron chi connectivity index (χ3n) is 1.66. The number of halogens is 2. The van der Waals surface area contributed by atoms with Crippen LogP contribution < -0.4 is 10.1 Å². The number of ether oxygens (including phenoxy) is 1. The molecule has 0 aliphatic carbocycles. The van der Waals surface area contributed by atoms with Gasteiger partial charge in [-0.25, -0.2) is 0 Å². The molecule has 0 aliphatic rings. The number of nitrogens with zero attached hydrogens (tertiary/aromatic N) is 1. The minimum atomic E-state index is -3.09. The lowest BCUT2D eigenvalue weighted by Crippen LogP contribution is -2.05. The molecule has 1 aromatic carbocycles. The maximum atomic E-state index is 11.9. The fraction of sp³-hybridized carbons (Fsp3) is 0.250. The summed E-state index contributed by atoms with van der Waals surface area (Å²) in [6.45, 7) is -3.09. The Labute approximate surface area is 83.8 Å². The van der Waals surface area contributed by atoms with E-state index in [-0.39, 0.29) is 0 Å². The second kappa shape index (κ2) is 4.54. The van der Waals surface area contributed by atoms with E-state index in [1.807, 2.05) is 0 Å². The van der Waals surface area contributed by atoms with Gasteiger partial charge in [-0.3, -0.25) is 10.1 Å². The van der Waals surface area contributed by atoms with Crippen LogP contribution in [0.5, 0.6) is 5.75 Å². The molecule has 15 heavy (non-hydrogen) atoms. The topological polar surface area (TPSA) is 64.4 Å². The molecule has 0 fully saturated rings. The molecule has 0 saturated heterocycles. The number of hydrogen-bond donors (Lipinski definition) is 1. The van der Waals surface area contributed by atoms with Crippen molar-refractivity contribution in [1.29, 1.82) is 0 Å². The Morgan fingerprint density at radius 3 is 2.67 bits per heavy atom. The predicted octanol–water partition coefficient (Wildman–Crippen LogP) is 2.24. The molecule has 0 heterocycles. The van der Waals surface area contributed by atoms with E-state index >= 15 is 0 Å². The summed E-state index contributed by atoms with van der Waals surface area (Å²) < 4.78 is 27.9. The molecule has 0 radical (unpaired) electrons. The number of rotatable bonds is 4. The summed E-state index contributed by atoms with van der Waals surface area (Å²) in [7, 11) is 1.56. The number of alkyl halides is 2. The van der Waals surface area contributed by atoms with E-state index in [9.17, 15) is 18.9 Å². The van der Waals surface area contributed by atoms with Gasteiger partial charge in [0.2, 0.25) is 5.75 Å². The maximum Gasteiger partial charge on any atom is 0.387 e. The van der Waals surface area contributed by atoms with E-state index in [2.05, 4.69) is 10.1 Å². The fourth-order valence-electron chi connectivity index (χ4n) is 1.01. The molecule has 0 aromatic heterocycles. The standard InChI is InChI=1S/C8H8F2N2O3/c1-11-5-2-3-6(12(13)14)7(4-5)15-8(9)10/h2-4,8,11H,1H3. The molecule has 5 nitrogen and oxygen atoms in total. The average Bonchev–Trinajstić information content (AvgIpc) is 2.16. The van der Waals surface area contributed by atoms with Crippen molar-refractivity contribution in [2.45, 2.75) is 6.61 Å². The first kappa shape index (κ1) is 11.2. The first-order chi connectivity index (χ1) is 7.04. The Morgan fingerprint density at radius 1 is 1.53 bits per heavy atom. The Bertz CT molecular complexity index is 371. The van der Waals surface area contributed by atoms with Crippen LogP contribution in [0.15, 0.2) is 18.2 Å². The summed E-state index contributed by atoms with van der Waals surface area (Å²) in [5, 5.41) is 13.1. The van der Waals surface area contributed by atoms with E-state index in [4.69, 9.17) is 0 Å².